The molecule has 0 atom stereocenters. The van der Waals surface area contributed by atoms with Gasteiger partial charge in [-0.05, 0) is 0 Å². The predicted octanol–water partition coefficient (Wildman–Crippen LogP) is 3.82. The van der Waals surface area contributed by atoms with E-state index < -0.39 is 23.9 Å². The third-order valence-corrected chi connectivity index (χ3v) is 3.80. The first-order chi connectivity index (χ1) is 12.4. The molecule has 138 valence electrons. The number of benzene rings is 1. The molecule has 3 aromatic rings. The quantitative estimate of drug-likeness (QED) is 0.513. The van der Waals surface area contributed by atoms with Gasteiger partial charge in [0.2, 0.25) is 0 Å². The molecule has 2 aromatic heterocycles. The molecule has 0 saturated heterocycles. The van der Waals surface area contributed by atoms with Crippen LogP contribution in [0.15, 0.2) is 18.5 Å². The molecule has 0 amide bonds. The summed E-state index contributed by atoms with van der Waals surface area (Å²) in [5.74, 6) is -2.95. The fourth-order valence-corrected chi connectivity index (χ4v) is 2.65. The lowest BCUT2D eigenvalue weighted by Gasteiger charge is -2.11. The minimum Gasteiger partial charge on any atom is -0.494 e. The molecule has 1 N–H and O–H groups in total. The first kappa shape index (κ1) is 18.2. The maximum Gasteiger partial charge on any atom is 0.295 e. The molecule has 11 heteroatoms. The Labute approximate surface area is 149 Å². The summed E-state index contributed by atoms with van der Waals surface area (Å²) >= 11 is 5.73. The number of aromatic nitrogens is 4. The maximum atomic E-state index is 14.3. The van der Waals surface area contributed by atoms with Gasteiger partial charge in [-0.15, -0.1) is 0 Å². The van der Waals surface area contributed by atoms with Gasteiger partial charge in [-0.3, -0.25) is 0 Å². The standard InChI is InChI=1S/C15H12ClF4N5O/c1-26-8-4-7(17)11(18)13-12(8)24-15(14(19)20)25(13)3-2-21-10-5-9(16)22-6-23-10/h4-6,14H,2-3H2,1H3,(H,21,22,23). The molecule has 0 aliphatic heterocycles. The van der Waals surface area contributed by atoms with Crippen molar-refractivity contribution >= 4 is 28.5 Å². The Morgan fingerprint density at radius 3 is 2.69 bits per heavy atom. The van der Waals surface area contributed by atoms with Crippen LogP contribution in [0.2, 0.25) is 5.15 Å². The molecule has 0 saturated carbocycles. The van der Waals surface area contributed by atoms with Crippen LogP contribution in [-0.2, 0) is 6.54 Å². The highest BCUT2D eigenvalue weighted by molar-refractivity contribution is 6.29. The van der Waals surface area contributed by atoms with Crippen molar-refractivity contribution in [2.24, 2.45) is 0 Å². The summed E-state index contributed by atoms with van der Waals surface area (Å²) < 4.78 is 60.6. The maximum absolute atomic E-state index is 14.3. The third-order valence-electron chi connectivity index (χ3n) is 3.60. The molecule has 6 nitrogen and oxygen atoms in total. The van der Waals surface area contributed by atoms with Crippen LogP contribution in [-0.4, -0.2) is 33.2 Å². The zero-order valence-electron chi connectivity index (χ0n) is 13.3. The number of nitrogens with zero attached hydrogens (tertiary/aromatic N) is 4. The van der Waals surface area contributed by atoms with E-state index in [2.05, 4.69) is 20.3 Å². The van der Waals surface area contributed by atoms with Crippen LogP contribution in [0.1, 0.15) is 12.2 Å². The largest absolute Gasteiger partial charge is 0.494 e. The number of hydrogen-bond acceptors (Lipinski definition) is 5. The second-order valence-corrected chi connectivity index (χ2v) is 5.53. The third kappa shape index (κ3) is 3.36. The average molecular weight is 390 g/mol. The van der Waals surface area contributed by atoms with Crippen LogP contribution in [0.4, 0.5) is 23.4 Å². The fraction of sp³-hybridized carbons (Fsp3) is 0.267. The van der Waals surface area contributed by atoms with Gasteiger partial charge in [0.05, 0.1) is 7.11 Å². The van der Waals surface area contributed by atoms with Crippen molar-refractivity contribution in [3.63, 3.8) is 0 Å². The van der Waals surface area contributed by atoms with Gasteiger partial charge in [0.1, 0.15) is 34.1 Å². The Balaban J connectivity index is 1.97. The van der Waals surface area contributed by atoms with Crippen LogP contribution in [0, 0.1) is 11.6 Å². The van der Waals surface area contributed by atoms with Gasteiger partial charge in [0.15, 0.2) is 17.5 Å². The molecule has 0 aliphatic carbocycles. The molecule has 0 radical (unpaired) electrons. The Morgan fingerprint density at radius 2 is 2.04 bits per heavy atom. The molecule has 3 rings (SSSR count). The van der Waals surface area contributed by atoms with Gasteiger partial charge in [-0.1, -0.05) is 11.6 Å². The highest BCUT2D eigenvalue weighted by atomic mass is 35.5. The Morgan fingerprint density at radius 1 is 1.27 bits per heavy atom. The smallest absolute Gasteiger partial charge is 0.295 e. The van der Waals surface area contributed by atoms with Crippen molar-refractivity contribution in [2.75, 3.05) is 19.0 Å². The summed E-state index contributed by atoms with van der Waals surface area (Å²) in [6.45, 7) is -0.0435. The van der Waals surface area contributed by atoms with Crippen molar-refractivity contribution in [1.29, 1.82) is 0 Å². The zero-order chi connectivity index (χ0) is 18.8. The lowest BCUT2D eigenvalue weighted by Crippen LogP contribution is -2.14. The highest BCUT2D eigenvalue weighted by Crippen LogP contribution is 2.33. The second-order valence-electron chi connectivity index (χ2n) is 5.15. The topological polar surface area (TPSA) is 64.9 Å². The predicted molar refractivity (Wildman–Crippen MR) is 86.7 cm³/mol. The zero-order valence-corrected chi connectivity index (χ0v) is 14.1. The normalized spacial score (nSPS) is 11.3. The average Bonchev–Trinajstić information content (AvgIpc) is 2.98. The lowest BCUT2D eigenvalue weighted by molar-refractivity contribution is 0.136. The summed E-state index contributed by atoms with van der Waals surface area (Å²) in [7, 11) is 1.22. The summed E-state index contributed by atoms with van der Waals surface area (Å²) in [4.78, 5) is 11.3. The molecule has 0 spiro atoms. The molecule has 0 fully saturated rings. The van der Waals surface area contributed by atoms with Crippen LogP contribution >= 0.6 is 11.6 Å². The van der Waals surface area contributed by atoms with Gasteiger partial charge in [-0.2, -0.15) is 0 Å². The summed E-state index contributed by atoms with van der Waals surface area (Å²) in [6.07, 6.45) is -1.76. The summed E-state index contributed by atoms with van der Waals surface area (Å²) in [5, 5.41) is 3.04. The van der Waals surface area contributed by atoms with E-state index in [0.717, 1.165) is 10.6 Å². The SMILES string of the molecule is COc1cc(F)c(F)c2c1nc(C(F)F)n2CCNc1cc(Cl)ncn1. The van der Waals surface area contributed by atoms with E-state index >= 15 is 0 Å². The number of anilines is 1. The van der Waals surface area contributed by atoms with Gasteiger partial charge < -0.3 is 14.6 Å². The fourth-order valence-electron chi connectivity index (χ4n) is 2.50. The number of hydrogen-bond donors (Lipinski definition) is 1. The number of nitrogens with one attached hydrogen (secondary N) is 1. The van der Waals surface area contributed by atoms with Crippen LogP contribution in [0.3, 0.4) is 0 Å². The molecule has 0 unspecified atom stereocenters. The van der Waals surface area contributed by atoms with Crippen molar-refractivity contribution in [1.82, 2.24) is 19.5 Å². The molecule has 1 aromatic carbocycles. The molecule has 0 aliphatic rings. The lowest BCUT2D eigenvalue weighted by atomic mass is 10.2. The van der Waals surface area contributed by atoms with Crippen LogP contribution in [0.25, 0.3) is 11.0 Å². The van der Waals surface area contributed by atoms with Crippen molar-refractivity contribution < 1.29 is 22.3 Å². The van der Waals surface area contributed by atoms with Crippen molar-refractivity contribution in [3.8, 4) is 5.75 Å². The van der Waals surface area contributed by atoms with Gasteiger partial charge >= 0.3 is 0 Å². The van der Waals surface area contributed by atoms with E-state index in [1.54, 1.807) is 0 Å². The highest BCUT2D eigenvalue weighted by Gasteiger charge is 2.25. The van der Waals surface area contributed by atoms with E-state index in [0.29, 0.717) is 5.82 Å². The number of ether oxygens (including phenoxy) is 1. The number of rotatable bonds is 6. The number of alkyl halides is 2. The Hall–Kier alpha value is -2.62. The van der Waals surface area contributed by atoms with Gasteiger partial charge in [0.25, 0.3) is 6.43 Å². The van der Waals surface area contributed by atoms with E-state index in [9.17, 15) is 17.6 Å². The van der Waals surface area contributed by atoms with E-state index in [1.165, 1.54) is 19.5 Å². The molecule has 0 bridgehead atoms. The monoisotopic (exact) mass is 389 g/mol. The van der Waals surface area contributed by atoms with Crippen LogP contribution < -0.4 is 10.1 Å². The molecular formula is C15H12ClF4N5O. The minimum absolute atomic E-state index is 0.0801. The first-order valence-corrected chi connectivity index (χ1v) is 7.71. The minimum atomic E-state index is -2.98. The first-order valence-electron chi connectivity index (χ1n) is 7.34. The van der Waals surface area contributed by atoms with Crippen molar-refractivity contribution in [3.05, 3.63) is 41.1 Å². The van der Waals surface area contributed by atoms with Gasteiger partial charge in [-0.25, -0.2) is 32.5 Å². The Kier molecular flexibility index (Phi) is 5.12. The second kappa shape index (κ2) is 7.32. The van der Waals surface area contributed by atoms with Gasteiger partial charge in [0, 0.05) is 25.2 Å². The molecule has 26 heavy (non-hydrogen) atoms. The van der Waals surface area contributed by atoms with Crippen molar-refractivity contribution in [2.45, 2.75) is 13.0 Å². The Bertz CT molecular complexity index is 949. The van der Waals surface area contributed by atoms with E-state index in [-0.39, 0.29) is 35.0 Å². The number of imidazole rings is 1. The number of fused-ring (bicyclic) bond motifs is 1. The molecule has 2 heterocycles. The summed E-state index contributed by atoms with van der Waals surface area (Å²) in [5.41, 5.74) is -0.563. The van der Waals surface area contributed by atoms with E-state index in [1.807, 2.05) is 0 Å². The number of halogens is 5. The number of methoxy groups -OCH3 is 1. The summed E-state index contributed by atoms with van der Waals surface area (Å²) in [6, 6.07) is 2.20. The molecular weight excluding hydrogens is 378 g/mol. The van der Waals surface area contributed by atoms with E-state index in [4.69, 9.17) is 16.3 Å². The van der Waals surface area contributed by atoms with Crippen LogP contribution in [0.5, 0.6) is 5.75 Å².